The number of ether oxygens (including phenoxy) is 1. The van der Waals surface area contributed by atoms with Gasteiger partial charge in [-0.05, 0) is 37.5 Å². The molecule has 8 nitrogen and oxygen atoms in total. The van der Waals surface area contributed by atoms with Crippen molar-refractivity contribution in [3.8, 4) is 6.07 Å². The Bertz CT molecular complexity index is 937. The summed E-state index contributed by atoms with van der Waals surface area (Å²) in [6.45, 7) is 2.94. The Morgan fingerprint density at radius 2 is 2.07 bits per heavy atom. The number of hydrogen-bond donors (Lipinski definition) is 1. The summed E-state index contributed by atoms with van der Waals surface area (Å²) in [6.07, 6.45) is 3.84. The maximum absolute atomic E-state index is 14.0. The van der Waals surface area contributed by atoms with Crippen LogP contribution in [0.4, 0.5) is 27.5 Å². The average Bonchev–Trinajstić information content (AvgIpc) is 2.72. The highest BCUT2D eigenvalue weighted by Gasteiger charge is 2.26. The quantitative estimate of drug-likeness (QED) is 0.748. The van der Waals surface area contributed by atoms with E-state index in [1.807, 2.05) is 25.1 Å². The van der Waals surface area contributed by atoms with Gasteiger partial charge in [-0.3, -0.25) is 9.69 Å². The van der Waals surface area contributed by atoms with Gasteiger partial charge in [-0.2, -0.15) is 10.2 Å². The lowest BCUT2D eigenvalue weighted by Gasteiger charge is -2.32. The number of nitrogens with one attached hydrogen (secondary N) is 1. The van der Waals surface area contributed by atoms with Gasteiger partial charge in [0, 0.05) is 39.0 Å². The molecular weight excluding hydrogens is 375 g/mol. The number of benzene rings is 1. The van der Waals surface area contributed by atoms with Crippen LogP contribution in [-0.2, 0) is 9.53 Å². The summed E-state index contributed by atoms with van der Waals surface area (Å²) >= 11 is 0. The van der Waals surface area contributed by atoms with Gasteiger partial charge in [0.25, 0.3) is 0 Å². The molecule has 1 saturated heterocycles. The number of carbonyl (C=O) groups is 1. The summed E-state index contributed by atoms with van der Waals surface area (Å²) in [5, 5.41) is 12.0. The summed E-state index contributed by atoms with van der Waals surface area (Å²) in [5.74, 6) is 0.0837. The number of carbonyl (C=O) groups excluding carboxylic acids is 1. The maximum Gasteiger partial charge on any atom is 0.229 e. The molecule has 0 bridgehead atoms. The van der Waals surface area contributed by atoms with Crippen molar-refractivity contribution in [3.63, 3.8) is 0 Å². The van der Waals surface area contributed by atoms with Gasteiger partial charge >= 0.3 is 0 Å². The molecule has 1 aromatic carbocycles. The number of hydrogen-bond acceptors (Lipinski definition) is 7. The van der Waals surface area contributed by atoms with Gasteiger partial charge in [0.2, 0.25) is 12.4 Å². The second-order valence-corrected chi connectivity index (χ2v) is 7.04. The molecule has 1 N–H and O–H groups in total. The first-order valence-electron chi connectivity index (χ1n) is 9.27. The zero-order valence-corrected chi connectivity index (χ0v) is 16.6. The Kier molecular flexibility index (Phi) is 6.24. The van der Waals surface area contributed by atoms with Crippen molar-refractivity contribution in [1.82, 2.24) is 9.97 Å². The van der Waals surface area contributed by atoms with Crippen LogP contribution < -0.4 is 15.1 Å². The number of rotatable bonds is 6. The first-order chi connectivity index (χ1) is 13.9. The number of anilines is 4. The van der Waals surface area contributed by atoms with E-state index in [1.54, 1.807) is 18.0 Å². The minimum atomic E-state index is -0.623. The van der Waals surface area contributed by atoms with Crippen molar-refractivity contribution < 1.29 is 13.9 Å². The van der Waals surface area contributed by atoms with Crippen molar-refractivity contribution in [3.05, 3.63) is 35.3 Å². The lowest BCUT2D eigenvalue weighted by Crippen LogP contribution is -2.40. The van der Waals surface area contributed by atoms with Gasteiger partial charge in [-0.15, -0.1) is 0 Å². The van der Waals surface area contributed by atoms with Gasteiger partial charge in [0.15, 0.2) is 5.82 Å². The highest BCUT2D eigenvalue weighted by molar-refractivity contribution is 5.82. The van der Waals surface area contributed by atoms with E-state index in [-0.39, 0.29) is 17.6 Å². The SMILES string of the molecule is Cc1cc(C#N)c(F)cc1Nc1ncc(N(C)C)c(N(C=O)C2CCOCC2)n1. The molecule has 0 aliphatic carbocycles. The van der Waals surface area contributed by atoms with E-state index in [0.29, 0.717) is 36.0 Å². The fourth-order valence-corrected chi connectivity index (χ4v) is 3.23. The number of aryl methyl sites for hydroxylation is 1. The molecular formula is C20H23FN6O2. The van der Waals surface area contributed by atoms with Gasteiger partial charge in [-0.1, -0.05) is 0 Å². The van der Waals surface area contributed by atoms with Crippen LogP contribution in [0, 0.1) is 24.1 Å². The third kappa shape index (κ3) is 4.43. The molecule has 0 unspecified atom stereocenters. The van der Waals surface area contributed by atoms with E-state index in [4.69, 9.17) is 10.00 Å². The fourth-order valence-electron chi connectivity index (χ4n) is 3.23. The van der Waals surface area contributed by atoms with Crippen LogP contribution >= 0.6 is 0 Å². The largest absolute Gasteiger partial charge is 0.381 e. The number of nitrogens with zero attached hydrogens (tertiary/aromatic N) is 5. The molecule has 1 amide bonds. The first kappa shape index (κ1) is 20.5. The van der Waals surface area contributed by atoms with Gasteiger partial charge < -0.3 is 15.0 Å². The van der Waals surface area contributed by atoms with E-state index < -0.39 is 5.82 Å². The predicted molar refractivity (Wildman–Crippen MR) is 108 cm³/mol. The summed E-state index contributed by atoms with van der Waals surface area (Å²) < 4.78 is 19.4. The van der Waals surface area contributed by atoms with Crippen LogP contribution in [0.25, 0.3) is 0 Å². The van der Waals surface area contributed by atoms with Gasteiger partial charge in [0.1, 0.15) is 11.9 Å². The Morgan fingerprint density at radius 3 is 2.69 bits per heavy atom. The molecule has 0 saturated carbocycles. The van der Waals surface area contributed by atoms with E-state index in [1.165, 1.54) is 12.1 Å². The van der Waals surface area contributed by atoms with Crippen LogP contribution in [0.1, 0.15) is 24.0 Å². The number of halogens is 1. The van der Waals surface area contributed by atoms with E-state index in [9.17, 15) is 9.18 Å². The highest BCUT2D eigenvalue weighted by Crippen LogP contribution is 2.31. The Labute approximate surface area is 168 Å². The summed E-state index contributed by atoms with van der Waals surface area (Å²) in [5.41, 5.74) is 1.80. The zero-order valence-electron chi connectivity index (χ0n) is 16.6. The molecule has 0 radical (unpaired) electrons. The standard InChI is InChI=1S/C20H23FN6O2/c1-13-8-14(10-22)16(21)9-17(13)24-20-23-11-18(26(2)3)19(25-20)27(12-28)15-4-6-29-7-5-15/h8-9,11-12,15H,4-7H2,1-3H3,(H,23,24,25). The van der Waals surface area contributed by atoms with E-state index in [2.05, 4.69) is 15.3 Å². The fraction of sp³-hybridized carbons (Fsp3) is 0.400. The molecule has 3 rings (SSSR count). The predicted octanol–water partition coefficient (Wildman–Crippen LogP) is 2.75. The van der Waals surface area contributed by atoms with Crippen molar-refractivity contribution >= 4 is 29.6 Å². The van der Waals surface area contributed by atoms with Crippen molar-refractivity contribution in [2.45, 2.75) is 25.8 Å². The molecule has 29 heavy (non-hydrogen) atoms. The molecule has 1 aliphatic heterocycles. The number of aromatic nitrogens is 2. The van der Waals surface area contributed by atoms with E-state index >= 15 is 0 Å². The molecule has 2 aromatic rings. The molecule has 0 atom stereocenters. The van der Waals surface area contributed by atoms with Crippen molar-refractivity contribution in [2.75, 3.05) is 42.4 Å². The van der Waals surface area contributed by atoms with Crippen LogP contribution in [0.5, 0.6) is 0 Å². The average molecular weight is 398 g/mol. The van der Waals surface area contributed by atoms with Crippen molar-refractivity contribution in [1.29, 1.82) is 5.26 Å². The van der Waals surface area contributed by atoms with Crippen LogP contribution in [0.15, 0.2) is 18.3 Å². The Balaban J connectivity index is 1.97. The molecule has 2 heterocycles. The monoisotopic (exact) mass is 398 g/mol. The zero-order chi connectivity index (χ0) is 21.0. The topological polar surface area (TPSA) is 94.4 Å². The second-order valence-electron chi connectivity index (χ2n) is 7.04. The van der Waals surface area contributed by atoms with Crippen molar-refractivity contribution in [2.24, 2.45) is 0 Å². The van der Waals surface area contributed by atoms with E-state index in [0.717, 1.165) is 19.3 Å². The number of amides is 1. The minimum Gasteiger partial charge on any atom is -0.381 e. The smallest absolute Gasteiger partial charge is 0.229 e. The Hall–Kier alpha value is -3.25. The van der Waals surface area contributed by atoms with Gasteiger partial charge in [-0.25, -0.2) is 9.37 Å². The minimum absolute atomic E-state index is 0.0169. The summed E-state index contributed by atoms with van der Waals surface area (Å²) in [4.78, 5) is 24.2. The third-order valence-electron chi connectivity index (χ3n) is 4.86. The summed E-state index contributed by atoms with van der Waals surface area (Å²) in [7, 11) is 3.70. The molecule has 9 heteroatoms. The first-order valence-corrected chi connectivity index (χ1v) is 9.27. The Morgan fingerprint density at radius 1 is 1.34 bits per heavy atom. The second kappa shape index (κ2) is 8.84. The van der Waals surface area contributed by atoms with Crippen LogP contribution in [0.3, 0.4) is 0 Å². The molecule has 1 fully saturated rings. The molecule has 152 valence electrons. The third-order valence-corrected chi connectivity index (χ3v) is 4.86. The molecule has 0 spiro atoms. The molecule has 1 aromatic heterocycles. The van der Waals surface area contributed by atoms with Crippen LogP contribution in [0.2, 0.25) is 0 Å². The van der Waals surface area contributed by atoms with Gasteiger partial charge in [0.05, 0.1) is 17.4 Å². The lowest BCUT2D eigenvalue weighted by atomic mass is 10.1. The summed E-state index contributed by atoms with van der Waals surface area (Å²) in [6, 6.07) is 4.51. The molecule has 1 aliphatic rings. The number of nitriles is 1. The highest BCUT2D eigenvalue weighted by atomic mass is 19.1. The normalized spacial score (nSPS) is 14.2. The van der Waals surface area contributed by atoms with Crippen LogP contribution in [-0.4, -0.2) is 49.7 Å². The maximum atomic E-state index is 14.0. The lowest BCUT2D eigenvalue weighted by molar-refractivity contribution is -0.108.